The lowest BCUT2D eigenvalue weighted by atomic mass is 9.37. The third kappa shape index (κ3) is 4.09. The summed E-state index contributed by atoms with van der Waals surface area (Å²) in [5.41, 5.74) is -3.34. The quantitative estimate of drug-likeness (QED) is 0.188. The third-order valence-corrected chi connectivity index (χ3v) is 13.3. The second kappa shape index (κ2) is 11.3. The van der Waals surface area contributed by atoms with Gasteiger partial charge in [-0.05, 0) is 36.9 Å². The molecule has 10 rings (SSSR count). The van der Waals surface area contributed by atoms with Crippen LogP contribution in [0.5, 0.6) is 0 Å². The molecule has 51 heavy (non-hydrogen) atoms. The summed E-state index contributed by atoms with van der Waals surface area (Å²) in [6.07, 6.45) is -6.42. The van der Waals surface area contributed by atoms with E-state index in [-0.39, 0.29) is 23.1 Å². The number of ether oxygens (including phenoxy) is 4. The van der Waals surface area contributed by atoms with Gasteiger partial charge in [0.2, 0.25) is 0 Å². The van der Waals surface area contributed by atoms with Gasteiger partial charge in [0.1, 0.15) is 30.7 Å². The van der Waals surface area contributed by atoms with Crippen LogP contribution in [0.3, 0.4) is 0 Å². The maximum atomic E-state index is 13.8. The number of hydrogen-bond donors (Lipinski definition) is 2. The van der Waals surface area contributed by atoms with E-state index in [2.05, 4.69) is 6.58 Å². The van der Waals surface area contributed by atoms with Gasteiger partial charge in [0.05, 0.1) is 29.3 Å². The van der Waals surface area contributed by atoms with E-state index in [0.29, 0.717) is 0 Å². The first-order valence-electron chi connectivity index (χ1n) is 17.4. The summed E-state index contributed by atoms with van der Waals surface area (Å²) >= 11 is 0. The molecule has 8 fully saturated rings. The molecule has 0 aromatic heterocycles. The number of benzene rings is 2. The summed E-state index contributed by atoms with van der Waals surface area (Å²) < 4.78 is 25.1. The van der Waals surface area contributed by atoms with Crippen LogP contribution in [0.15, 0.2) is 72.8 Å². The first-order chi connectivity index (χ1) is 24.3. The van der Waals surface area contributed by atoms with Crippen LogP contribution < -0.4 is 0 Å². The second-order valence-corrected chi connectivity index (χ2v) is 15.5. The number of carbonyl (C=O) groups is 5. The summed E-state index contributed by atoms with van der Waals surface area (Å²) in [4.78, 5) is 69.1. The minimum Gasteiger partial charge on any atom is -0.461 e. The molecule has 2 N–H and O–H groups in total. The Morgan fingerprint density at radius 3 is 1.94 bits per heavy atom. The number of nitrogens with zero attached hydrogens (tertiary/aromatic N) is 1. The topological polar surface area (TPSA) is 166 Å². The number of likely N-dealkylation sites (N-methyl/N-ethyl adjacent to an activating group) is 1. The van der Waals surface area contributed by atoms with Crippen molar-refractivity contribution >= 4 is 30.2 Å². The Hall–Kier alpha value is -4.39. The number of rotatable bonds is 7. The second-order valence-electron chi connectivity index (χ2n) is 15.5. The standard InChI is InChI=1S/C39H41NO11/c1-18-24-27(51-36(47)22-14-10-7-11-15-22)25-31-39-29(26(40(31)5)33(45)38(25,32(18)44)30(39)28(24)48-19(2)42)37(4,17-41)16-23(34(39)49-20(3)43)50-35(46)21-12-8-6-9-13-21/h6-15,17,23-34,44-45H,1,16H2,2-5H3/t23-,24-,25-,26+,27-,28+,29+,30+,31?,32-,33-,34+,37-,38-,39+/m0/s1. The zero-order valence-corrected chi connectivity index (χ0v) is 28.7. The molecule has 268 valence electrons. The highest BCUT2D eigenvalue weighted by Gasteiger charge is 2.95. The molecule has 2 aromatic carbocycles. The molecule has 12 nitrogen and oxygen atoms in total. The maximum absolute atomic E-state index is 13.8. The summed E-state index contributed by atoms with van der Waals surface area (Å²) in [7, 11) is 1.80. The SMILES string of the molecule is C=C1[C@@H]2[C@@H](OC(C)=O)[C@H]3[C@@]45C6[C@H]([C@H]2OC(=O)c2ccccc2)[C@]3([C@H]1O)[C@@H](O)[C@@H]([C@@H]4[C@](C)(C=O)C[C@H](OC(=O)c1ccccc1)[C@H]5OC(C)=O)N6C. The highest BCUT2D eigenvalue weighted by molar-refractivity contribution is 5.90. The molecular formula is C39H41NO11. The van der Waals surface area contributed by atoms with Gasteiger partial charge in [-0.1, -0.05) is 49.9 Å². The van der Waals surface area contributed by atoms with Crippen LogP contribution in [0.25, 0.3) is 0 Å². The van der Waals surface area contributed by atoms with E-state index in [1.165, 1.54) is 13.8 Å². The smallest absolute Gasteiger partial charge is 0.338 e. The number of aliphatic hydroxyl groups is 2. The number of hydrogen-bond acceptors (Lipinski definition) is 12. The number of aldehydes is 1. The number of carbonyl (C=O) groups excluding carboxylic acids is 5. The first-order valence-corrected chi connectivity index (χ1v) is 17.4. The molecule has 6 aliphatic carbocycles. The maximum Gasteiger partial charge on any atom is 0.338 e. The molecular weight excluding hydrogens is 658 g/mol. The zero-order valence-electron chi connectivity index (χ0n) is 28.7. The predicted octanol–water partition coefficient (Wildman–Crippen LogP) is 2.36. The van der Waals surface area contributed by atoms with E-state index < -0.39 is 113 Å². The number of aliphatic hydroxyl groups excluding tert-OH is 2. The van der Waals surface area contributed by atoms with Gasteiger partial charge in [-0.3, -0.25) is 14.5 Å². The summed E-state index contributed by atoms with van der Waals surface area (Å²) in [5, 5.41) is 25.1. The van der Waals surface area contributed by atoms with Crippen LogP contribution in [-0.4, -0.2) is 101 Å². The van der Waals surface area contributed by atoms with Crippen LogP contribution in [0.2, 0.25) is 0 Å². The number of fused-ring (bicyclic) bond motifs is 1. The lowest BCUT2D eigenvalue weighted by molar-refractivity contribution is -0.308. The van der Waals surface area contributed by atoms with Crippen molar-refractivity contribution in [2.75, 3.05) is 7.05 Å². The molecule has 0 amide bonds. The molecule has 2 heterocycles. The van der Waals surface area contributed by atoms with E-state index in [9.17, 15) is 34.2 Å². The monoisotopic (exact) mass is 699 g/mol. The van der Waals surface area contributed by atoms with Gasteiger partial charge in [-0.2, -0.15) is 0 Å². The molecule has 8 aliphatic rings. The minimum absolute atomic E-state index is 0.0308. The molecule has 2 aliphatic heterocycles. The fraction of sp³-hybridized carbons (Fsp3) is 0.513. The highest BCUT2D eigenvalue weighted by atomic mass is 16.6. The predicted molar refractivity (Wildman–Crippen MR) is 177 cm³/mol. The van der Waals surface area contributed by atoms with Crippen LogP contribution in [0, 0.1) is 39.9 Å². The normalized spacial score (nSPS) is 44.0. The van der Waals surface area contributed by atoms with Gasteiger partial charge in [0.25, 0.3) is 0 Å². The Balaban J connectivity index is 1.37. The van der Waals surface area contributed by atoms with Gasteiger partial charge < -0.3 is 34.0 Å². The summed E-state index contributed by atoms with van der Waals surface area (Å²) in [5.74, 6) is -6.05. The van der Waals surface area contributed by atoms with Crippen LogP contribution in [0.1, 0.15) is 47.9 Å². The van der Waals surface area contributed by atoms with Gasteiger partial charge in [0.15, 0.2) is 0 Å². The molecule has 2 saturated heterocycles. The Morgan fingerprint density at radius 1 is 0.824 bits per heavy atom. The Morgan fingerprint density at radius 2 is 1.39 bits per heavy atom. The average molecular weight is 700 g/mol. The third-order valence-electron chi connectivity index (χ3n) is 13.3. The van der Waals surface area contributed by atoms with Crippen molar-refractivity contribution in [1.29, 1.82) is 0 Å². The molecule has 0 radical (unpaired) electrons. The fourth-order valence-corrected chi connectivity index (χ4v) is 12.4. The first kappa shape index (κ1) is 33.7. The lowest BCUT2D eigenvalue weighted by Gasteiger charge is -2.70. The summed E-state index contributed by atoms with van der Waals surface area (Å²) in [6, 6.07) is 15.2. The molecule has 12 heteroatoms. The van der Waals surface area contributed by atoms with Crippen molar-refractivity contribution in [1.82, 2.24) is 4.90 Å². The highest BCUT2D eigenvalue weighted by Crippen LogP contribution is 2.85. The van der Waals surface area contributed by atoms with E-state index in [0.717, 1.165) is 6.29 Å². The Labute approximate surface area is 294 Å². The number of piperidine rings is 1. The van der Waals surface area contributed by atoms with E-state index in [1.807, 2.05) is 4.90 Å². The van der Waals surface area contributed by atoms with Crippen LogP contribution >= 0.6 is 0 Å². The van der Waals surface area contributed by atoms with Crippen LogP contribution in [0.4, 0.5) is 0 Å². The van der Waals surface area contributed by atoms with Crippen molar-refractivity contribution in [2.45, 2.75) is 75.9 Å². The van der Waals surface area contributed by atoms with E-state index >= 15 is 0 Å². The zero-order chi connectivity index (χ0) is 36.4. The molecule has 15 atom stereocenters. The van der Waals surface area contributed by atoms with Crippen molar-refractivity contribution in [2.24, 2.45) is 39.9 Å². The van der Waals surface area contributed by atoms with Gasteiger partial charge in [-0.25, -0.2) is 9.59 Å². The Kier molecular flexibility index (Phi) is 7.48. The van der Waals surface area contributed by atoms with E-state index in [1.54, 1.807) is 74.6 Å². The van der Waals surface area contributed by atoms with E-state index in [4.69, 9.17) is 18.9 Å². The van der Waals surface area contributed by atoms with Crippen molar-refractivity contribution in [3.8, 4) is 0 Å². The van der Waals surface area contributed by atoms with Gasteiger partial charge >= 0.3 is 23.9 Å². The molecule has 2 spiro atoms. The molecule has 2 aromatic rings. The lowest BCUT2D eigenvalue weighted by Crippen LogP contribution is -2.81. The average Bonchev–Trinajstić information content (AvgIpc) is 3.44. The Bertz CT molecular complexity index is 1830. The molecule has 6 saturated carbocycles. The van der Waals surface area contributed by atoms with Gasteiger partial charge in [-0.15, -0.1) is 0 Å². The van der Waals surface area contributed by atoms with Crippen molar-refractivity contribution in [3.63, 3.8) is 0 Å². The largest absolute Gasteiger partial charge is 0.461 e. The molecule has 1 unspecified atom stereocenters. The minimum atomic E-state index is -1.51. The van der Waals surface area contributed by atoms with Crippen LogP contribution in [-0.2, 0) is 33.3 Å². The number of esters is 4. The van der Waals surface area contributed by atoms with Crippen molar-refractivity contribution < 1.29 is 53.1 Å². The fourth-order valence-electron chi connectivity index (χ4n) is 12.4. The van der Waals surface area contributed by atoms with Gasteiger partial charge in [0, 0.05) is 66.4 Å². The molecule has 7 bridgehead atoms. The summed E-state index contributed by atoms with van der Waals surface area (Å²) in [6.45, 7) is 8.47. The van der Waals surface area contributed by atoms with Crippen molar-refractivity contribution in [3.05, 3.63) is 83.9 Å².